The lowest BCUT2D eigenvalue weighted by molar-refractivity contribution is -0.117. The summed E-state index contributed by atoms with van der Waals surface area (Å²) < 4.78 is 5.51. The number of aromatic nitrogens is 2. The van der Waals surface area contributed by atoms with Crippen LogP contribution in [0.2, 0.25) is 0 Å². The molecule has 0 aliphatic carbocycles. The standard InChI is InChI=1S/C11H14N4O2/c1-7-2-3-9(17-7)11-8(5-14-15-11)4-13-6-10(12)16/h2-3,5,13H,4,6H2,1H3,(H2,12,16)(H,14,15). The molecule has 6 heteroatoms. The molecule has 0 saturated carbocycles. The Morgan fingerprint density at radius 3 is 3.06 bits per heavy atom. The van der Waals surface area contributed by atoms with Crippen LogP contribution in [-0.2, 0) is 11.3 Å². The average Bonchev–Trinajstić information content (AvgIpc) is 2.86. The number of aromatic amines is 1. The Hall–Kier alpha value is -2.08. The smallest absolute Gasteiger partial charge is 0.231 e. The number of carbonyl (C=O) groups is 1. The minimum absolute atomic E-state index is 0.141. The Kier molecular flexibility index (Phi) is 3.24. The van der Waals surface area contributed by atoms with Crippen molar-refractivity contribution < 1.29 is 9.21 Å². The molecule has 2 aromatic heterocycles. The summed E-state index contributed by atoms with van der Waals surface area (Å²) in [4.78, 5) is 10.6. The molecule has 0 atom stereocenters. The van der Waals surface area contributed by atoms with Crippen LogP contribution in [0.4, 0.5) is 0 Å². The Morgan fingerprint density at radius 2 is 2.41 bits per heavy atom. The van der Waals surface area contributed by atoms with Crippen LogP contribution >= 0.6 is 0 Å². The van der Waals surface area contributed by atoms with Gasteiger partial charge in [0, 0.05) is 12.1 Å². The van der Waals surface area contributed by atoms with Crippen LogP contribution in [-0.4, -0.2) is 22.6 Å². The van der Waals surface area contributed by atoms with Gasteiger partial charge in [0.05, 0.1) is 12.7 Å². The van der Waals surface area contributed by atoms with E-state index in [2.05, 4.69) is 15.5 Å². The molecular formula is C11H14N4O2. The van der Waals surface area contributed by atoms with E-state index in [0.717, 1.165) is 22.8 Å². The third-order valence-corrected chi connectivity index (χ3v) is 2.32. The number of furan rings is 1. The molecule has 90 valence electrons. The summed E-state index contributed by atoms with van der Waals surface area (Å²) >= 11 is 0. The van der Waals surface area contributed by atoms with Crippen molar-refractivity contribution in [3.63, 3.8) is 0 Å². The minimum atomic E-state index is -0.385. The molecule has 0 spiro atoms. The van der Waals surface area contributed by atoms with Crippen LogP contribution < -0.4 is 11.1 Å². The van der Waals surface area contributed by atoms with Crippen LogP contribution in [0, 0.1) is 6.92 Å². The number of primary amides is 1. The fourth-order valence-corrected chi connectivity index (χ4v) is 1.55. The second-order valence-corrected chi connectivity index (χ2v) is 3.75. The second kappa shape index (κ2) is 4.84. The van der Waals surface area contributed by atoms with E-state index in [4.69, 9.17) is 10.2 Å². The van der Waals surface area contributed by atoms with Gasteiger partial charge >= 0.3 is 0 Å². The van der Waals surface area contributed by atoms with Crippen molar-refractivity contribution >= 4 is 5.91 Å². The van der Waals surface area contributed by atoms with Crippen molar-refractivity contribution in [2.45, 2.75) is 13.5 Å². The van der Waals surface area contributed by atoms with E-state index in [0.29, 0.717) is 6.54 Å². The highest BCUT2D eigenvalue weighted by Gasteiger charge is 2.10. The van der Waals surface area contributed by atoms with Crippen molar-refractivity contribution in [1.82, 2.24) is 15.5 Å². The predicted molar refractivity (Wildman–Crippen MR) is 61.9 cm³/mol. The summed E-state index contributed by atoms with van der Waals surface area (Å²) in [6, 6.07) is 3.76. The van der Waals surface area contributed by atoms with E-state index in [1.165, 1.54) is 0 Å². The molecule has 0 aromatic carbocycles. The summed E-state index contributed by atoms with van der Waals surface area (Å²) in [5, 5.41) is 9.77. The Labute approximate surface area is 98.2 Å². The minimum Gasteiger partial charge on any atom is -0.460 e. The number of hydrogen-bond donors (Lipinski definition) is 3. The molecule has 2 heterocycles. The largest absolute Gasteiger partial charge is 0.460 e. The van der Waals surface area contributed by atoms with E-state index in [9.17, 15) is 4.79 Å². The maximum absolute atomic E-state index is 10.6. The number of nitrogens with one attached hydrogen (secondary N) is 2. The number of nitrogens with zero attached hydrogens (tertiary/aromatic N) is 1. The first-order valence-corrected chi connectivity index (χ1v) is 5.25. The number of rotatable bonds is 5. The van der Waals surface area contributed by atoms with Crippen molar-refractivity contribution in [1.29, 1.82) is 0 Å². The van der Waals surface area contributed by atoms with E-state index in [1.54, 1.807) is 6.20 Å². The predicted octanol–water partition coefficient (Wildman–Crippen LogP) is 0.553. The summed E-state index contributed by atoms with van der Waals surface area (Å²) in [5.74, 6) is 1.19. The first-order chi connectivity index (χ1) is 8.16. The molecule has 2 rings (SSSR count). The molecule has 0 aliphatic rings. The average molecular weight is 234 g/mol. The van der Waals surface area contributed by atoms with Crippen molar-refractivity contribution in [2.24, 2.45) is 5.73 Å². The molecule has 4 N–H and O–H groups in total. The SMILES string of the molecule is Cc1ccc(-c2[nH]ncc2CNCC(N)=O)o1. The molecule has 6 nitrogen and oxygen atoms in total. The van der Waals surface area contributed by atoms with Crippen LogP contribution in [0.15, 0.2) is 22.7 Å². The molecular weight excluding hydrogens is 220 g/mol. The van der Waals surface area contributed by atoms with Gasteiger partial charge in [-0.3, -0.25) is 9.89 Å². The van der Waals surface area contributed by atoms with Gasteiger partial charge in [-0.1, -0.05) is 0 Å². The first kappa shape index (κ1) is 11.4. The molecule has 0 radical (unpaired) electrons. The molecule has 0 unspecified atom stereocenters. The van der Waals surface area contributed by atoms with Gasteiger partial charge in [-0.05, 0) is 19.1 Å². The van der Waals surface area contributed by atoms with Gasteiger partial charge in [0.2, 0.25) is 5.91 Å². The van der Waals surface area contributed by atoms with Crippen LogP contribution in [0.5, 0.6) is 0 Å². The molecule has 0 bridgehead atoms. The Bertz CT molecular complexity index is 515. The summed E-state index contributed by atoms with van der Waals surface area (Å²) in [6.07, 6.45) is 1.70. The van der Waals surface area contributed by atoms with Gasteiger partial charge in [-0.2, -0.15) is 5.10 Å². The van der Waals surface area contributed by atoms with E-state index in [-0.39, 0.29) is 12.5 Å². The summed E-state index contributed by atoms with van der Waals surface area (Å²) in [5.41, 5.74) is 6.79. The third kappa shape index (κ3) is 2.73. The highest BCUT2D eigenvalue weighted by Crippen LogP contribution is 2.22. The van der Waals surface area contributed by atoms with Crippen LogP contribution in [0.25, 0.3) is 11.5 Å². The third-order valence-electron chi connectivity index (χ3n) is 2.32. The summed E-state index contributed by atoms with van der Waals surface area (Å²) in [6.45, 7) is 2.53. The molecule has 0 fully saturated rings. The quantitative estimate of drug-likeness (QED) is 0.703. The highest BCUT2D eigenvalue weighted by molar-refractivity contribution is 5.75. The van der Waals surface area contributed by atoms with Crippen molar-refractivity contribution in [3.05, 3.63) is 29.7 Å². The monoisotopic (exact) mass is 234 g/mol. The topological polar surface area (TPSA) is 96.9 Å². The van der Waals surface area contributed by atoms with E-state index < -0.39 is 0 Å². The molecule has 17 heavy (non-hydrogen) atoms. The second-order valence-electron chi connectivity index (χ2n) is 3.75. The molecule has 0 saturated heterocycles. The fraction of sp³-hybridized carbons (Fsp3) is 0.273. The summed E-state index contributed by atoms with van der Waals surface area (Å²) in [7, 11) is 0. The number of H-pyrrole nitrogens is 1. The highest BCUT2D eigenvalue weighted by atomic mass is 16.3. The van der Waals surface area contributed by atoms with Gasteiger partial charge in [0.25, 0.3) is 0 Å². The number of nitrogens with two attached hydrogens (primary N) is 1. The van der Waals surface area contributed by atoms with Crippen molar-refractivity contribution in [3.8, 4) is 11.5 Å². The van der Waals surface area contributed by atoms with E-state index >= 15 is 0 Å². The number of hydrogen-bond acceptors (Lipinski definition) is 4. The lowest BCUT2D eigenvalue weighted by Gasteiger charge is -2.01. The number of amides is 1. The fourth-order valence-electron chi connectivity index (χ4n) is 1.55. The van der Waals surface area contributed by atoms with Crippen molar-refractivity contribution in [2.75, 3.05) is 6.54 Å². The lowest BCUT2D eigenvalue weighted by Crippen LogP contribution is -2.28. The lowest BCUT2D eigenvalue weighted by atomic mass is 10.2. The van der Waals surface area contributed by atoms with E-state index in [1.807, 2.05) is 19.1 Å². The van der Waals surface area contributed by atoms with Gasteiger partial charge in [0.15, 0.2) is 5.76 Å². The molecule has 1 amide bonds. The van der Waals surface area contributed by atoms with Gasteiger partial charge in [0.1, 0.15) is 11.5 Å². The molecule has 2 aromatic rings. The zero-order valence-corrected chi connectivity index (χ0v) is 9.49. The van der Waals surface area contributed by atoms with Gasteiger partial charge in [-0.25, -0.2) is 0 Å². The zero-order valence-electron chi connectivity index (χ0n) is 9.49. The first-order valence-electron chi connectivity index (χ1n) is 5.25. The van der Waals surface area contributed by atoms with Crippen LogP contribution in [0.1, 0.15) is 11.3 Å². The number of carbonyl (C=O) groups excluding carboxylic acids is 1. The Balaban J connectivity index is 2.09. The maximum Gasteiger partial charge on any atom is 0.231 e. The molecule has 0 aliphatic heterocycles. The number of aryl methyl sites for hydroxylation is 1. The zero-order chi connectivity index (χ0) is 12.3. The Morgan fingerprint density at radius 1 is 1.59 bits per heavy atom. The maximum atomic E-state index is 10.6. The van der Waals surface area contributed by atoms with Crippen LogP contribution in [0.3, 0.4) is 0 Å². The van der Waals surface area contributed by atoms with Gasteiger partial charge in [-0.15, -0.1) is 0 Å². The van der Waals surface area contributed by atoms with Gasteiger partial charge < -0.3 is 15.5 Å². The normalized spacial score (nSPS) is 10.6.